The Balaban J connectivity index is 0.00000196. The third kappa shape index (κ3) is 4.43. The predicted octanol–water partition coefficient (Wildman–Crippen LogP) is 1.66. The number of likely N-dealkylation sites (tertiary alicyclic amines) is 1. The molecule has 0 spiro atoms. The summed E-state index contributed by atoms with van der Waals surface area (Å²) in [5.74, 6) is 1.33. The Morgan fingerprint density at radius 3 is 2.96 bits per heavy atom. The zero-order valence-electron chi connectivity index (χ0n) is 14.6. The fraction of sp³-hybridized carbons (Fsp3) is 0.588. The smallest absolute Gasteiger partial charge is 0.227 e. The molecule has 2 fully saturated rings. The molecule has 0 saturated carbocycles. The Labute approximate surface area is 163 Å². The highest BCUT2D eigenvalue weighted by Crippen LogP contribution is 2.22. The third-order valence-electron chi connectivity index (χ3n) is 4.95. The second kappa shape index (κ2) is 8.94. The van der Waals surface area contributed by atoms with E-state index in [9.17, 15) is 4.79 Å². The fourth-order valence-electron chi connectivity index (χ4n) is 3.55. The molecular formula is C17H24ClN5O2S. The molecule has 4 heterocycles. The summed E-state index contributed by atoms with van der Waals surface area (Å²) >= 11 is 1.58. The Hall–Kier alpha value is -1.48. The number of nitrogens with zero attached hydrogens (tertiary/aromatic N) is 4. The average molecular weight is 398 g/mol. The van der Waals surface area contributed by atoms with Crippen molar-refractivity contribution in [3.63, 3.8) is 0 Å². The monoisotopic (exact) mass is 397 g/mol. The molecule has 1 N–H and O–H groups in total. The van der Waals surface area contributed by atoms with Crippen molar-refractivity contribution < 1.29 is 9.32 Å². The first-order valence-corrected chi connectivity index (χ1v) is 9.76. The highest BCUT2D eigenvalue weighted by molar-refractivity contribution is 7.13. The minimum absolute atomic E-state index is 0. The number of amides is 1. The zero-order chi connectivity index (χ0) is 17.1. The van der Waals surface area contributed by atoms with E-state index < -0.39 is 0 Å². The van der Waals surface area contributed by atoms with Crippen LogP contribution in [0.3, 0.4) is 0 Å². The number of halogens is 1. The standard InChI is InChI=1S/C17H23N5O2S.ClH/c23-16(22-8-5-13(12-22)21-9-6-18-7-10-21)4-3-15-19-17(20-24-15)14-2-1-11-25-14;/h1-2,11,13,18H,3-10,12H2;1H. The number of nitrogens with one attached hydrogen (secondary N) is 1. The van der Waals surface area contributed by atoms with Crippen LogP contribution in [0.4, 0.5) is 0 Å². The van der Waals surface area contributed by atoms with Crippen molar-refractivity contribution in [2.24, 2.45) is 0 Å². The molecule has 2 aromatic heterocycles. The summed E-state index contributed by atoms with van der Waals surface area (Å²) in [5.41, 5.74) is 0. The van der Waals surface area contributed by atoms with Gasteiger partial charge in [0, 0.05) is 58.2 Å². The van der Waals surface area contributed by atoms with Gasteiger partial charge < -0.3 is 14.7 Å². The Kier molecular flexibility index (Phi) is 6.63. The van der Waals surface area contributed by atoms with Gasteiger partial charge in [-0.15, -0.1) is 23.7 Å². The zero-order valence-corrected chi connectivity index (χ0v) is 16.2. The number of piperazine rings is 1. The number of rotatable bonds is 5. The van der Waals surface area contributed by atoms with Crippen LogP contribution >= 0.6 is 23.7 Å². The van der Waals surface area contributed by atoms with Gasteiger partial charge in [0.15, 0.2) is 0 Å². The van der Waals surface area contributed by atoms with Gasteiger partial charge >= 0.3 is 0 Å². The topological polar surface area (TPSA) is 74.5 Å². The van der Waals surface area contributed by atoms with Crippen molar-refractivity contribution in [3.8, 4) is 10.7 Å². The number of aromatic nitrogens is 2. The second-order valence-corrected chi connectivity index (χ2v) is 7.50. The molecule has 26 heavy (non-hydrogen) atoms. The van der Waals surface area contributed by atoms with Gasteiger partial charge in [-0.3, -0.25) is 9.69 Å². The molecule has 0 bridgehead atoms. The van der Waals surface area contributed by atoms with Crippen LogP contribution in [0.15, 0.2) is 22.0 Å². The van der Waals surface area contributed by atoms with Crippen LogP contribution in [0.2, 0.25) is 0 Å². The molecule has 0 aliphatic carbocycles. The first kappa shape index (κ1) is 19.3. The number of hydrogen-bond donors (Lipinski definition) is 1. The molecule has 9 heteroatoms. The van der Waals surface area contributed by atoms with Crippen molar-refractivity contribution in [1.82, 2.24) is 25.3 Å². The first-order chi connectivity index (χ1) is 12.3. The Morgan fingerprint density at radius 2 is 2.19 bits per heavy atom. The highest BCUT2D eigenvalue weighted by Gasteiger charge is 2.30. The first-order valence-electron chi connectivity index (χ1n) is 8.88. The van der Waals surface area contributed by atoms with Crippen molar-refractivity contribution in [2.45, 2.75) is 25.3 Å². The molecule has 2 aliphatic heterocycles. The van der Waals surface area contributed by atoms with E-state index >= 15 is 0 Å². The SMILES string of the molecule is Cl.O=C(CCc1nc(-c2cccs2)no1)N1CCC(N2CCNCC2)C1. The van der Waals surface area contributed by atoms with E-state index in [4.69, 9.17) is 4.52 Å². The quantitative estimate of drug-likeness (QED) is 0.827. The van der Waals surface area contributed by atoms with Crippen molar-refractivity contribution >= 4 is 29.7 Å². The number of aryl methyl sites for hydroxylation is 1. The maximum atomic E-state index is 12.5. The Morgan fingerprint density at radius 1 is 1.35 bits per heavy atom. The van der Waals surface area contributed by atoms with Gasteiger partial charge in [0.05, 0.1) is 4.88 Å². The van der Waals surface area contributed by atoms with Crippen LogP contribution in [-0.2, 0) is 11.2 Å². The summed E-state index contributed by atoms with van der Waals surface area (Å²) in [6.45, 7) is 5.98. The predicted molar refractivity (Wildman–Crippen MR) is 103 cm³/mol. The van der Waals surface area contributed by atoms with E-state index in [2.05, 4.69) is 20.4 Å². The summed E-state index contributed by atoms with van der Waals surface area (Å²) in [4.78, 5) is 22.4. The maximum Gasteiger partial charge on any atom is 0.227 e. The minimum atomic E-state index is 0. The molecule has 2 aliphatic rings. The van der Waals surface area contributed by atoms with E-state index in [0.717, 1.165) is 50.6 Å². The lowest BCUT2D eigenvalue weighted by atomic mass is 10.2. The van der Waals surface area contributed by atoms with E-state index in [1.165, 1.54) is 0 Å². The molecule has 0 aromatic carbocycles. The molecule has 142 valence electrons. The number of carbonyl (C=O) groups excluding carboxylic acids is 1. The van der Waals surface area contributed by atoms with E-state index in [1.807, 2.05) is 22.4 Å². The minimum Gasteiger partial charge on any atom is -0.341 e. The molecule has 7 nitrogen and oxygen atoms in total. The number of thiophene rings is 1. The third-order valence-corrected chi connectivity index (χ3v) is 5.81. The normalized spacial score (nSPS) is 20.9. The van der Waals surface area contributed by atoms with Gasteiger partial charge in [-0.25, -0.2) is 0 Å². The largest absolute Gasteiger partial charge is 0.341 e. The van der Waals surface area contributed by atoms with E-state index in [1.54, 1.807) is 11.3 Å². The molecule has 4 rings (SSSR count). The van der Waals surface area contributed by atoms with Crippen LogP contribution in [0, 0.1) is 0 Å². The van der Waals surface area contributed by atoms with Gasteiger partial charge in [-0.1, -0.05) is 11.2 Å². The lowest BCUT2D eigenvalue weighted by molar-refractivity contribution is -0.130. The van der Waals surface area contributed by atoms with Gasteiger partial charge in [0.1, 0.15) is 0 Å². The van der Waals surface area contributed by atoms with Crippen LogP contribution in [0.25, 0.3) is 10.7 Å². The van der Waals surface area contributed by atoms with Crippen LogP contribution < -0.4 is 5.32 Å². The fourth-order valence-corrected chi connectivity index (χ4v) is 4.20. The van der Waals surface area contributed by atoms with E-state index in [-0.39, 0.29) is 18.3 Å². The lowest BCUT2D eigenvalue weighted by Crippen LogP contribution is -2.49. The number of hydrogen-bond acceptors (Lipinski definition) is 7. The lowest BCUT2D eigenvalue weighted by Gasteiger charge is -2.32. The second-order valence-electron chi connectivity index (χ2n) is 6.56. The van der Waals surface area contributed by atoms with E-state index in [0.29, 0.717) is 30.6 Å². The molecule has 2 saturated heterocycles. The molecule has 1 amide bonds. The summed E-state index contributed by atoms with van der Waals surface area (Å²) < 4.78 is 5.28. The van der Waals surface area contributed by atoms with Gasteiger partial charge in [0.25, 0.3) is 0 Å². The van der Waals surface area contributed by atoms with Crippen LogP contribution in [0.5, 0.6) is 0 Å². The average Bonchev–Trinajstić information content (AvgIpc) is 3.41. The Bertz CT molecular complexity index is 702. The van der Waals surface area contributed by atoms with Gasteiger partial charge in [-0.2, -0.15) is 4.98 Å². The molecular weight excluding hydrogens is 374 g/mol. The van der Waals surface area contributed by atoms with Gasteiger partial charge in [0.2, 0.25) is 17.6 Å². The maximum absolute atomic E-state index is 12.5. The molecule has 0 radical (unpaired) electrons. The molecule has 1 unspecified atom stereocenters. The van der Waals surface area contributed by atoms with Crippen molar-refractivity contribution in [2.75, 3.05) is 39.3 Å². The summed E-state index contributed by atoms with van der Waals surface area (Å²) in [5, 5.41) is 9.36. The summed E-state index contributed by atoms with van der Waals surface area (Å²) in [7, 11) is 0. The molecule has 2 aromatic rings. The highest BCUT2D eigenvalue weighted by atomic mass is 35.5. The number of carbonyl (C=O) groups is 1. The summed E-state index contributed by atoms with van der Waals surface area (Å²) in [6, 6.07) is 4.44. The van der Waals surface area contributed by atoms with Crippen molar-refractivity contribution in [1.29, 1.82) is 0 Å². The van der Waals surface area contributed by atoms with Crippen LogP contribution in [-0.4, -0.2) is 71.2 Å². The van der Waals surface area contributed by atoms with Crippen molar-refractivity contribution in [3.05, 3.63) is 23.4 Å². The van der Waals surface area contributed by atoms with Gasteiger partial charge in [-0.05, 0) is 17.9 Å². The summed E-state index contributed by atoms with van der Waals surface area (Å²) in [6.07, 6.45) is 2.02. The molecule has 1 atom stereocenters. The van der Waals surface area contributed by atoms with Crippen LogP contribution in [0.1, 0.15) is 18.7 Å².